The van der Waals surface area contributed by atoms with Gasteiger partial charge in [-0.05, 0) is 36.2 Å². The van der Waals surface area contributed by atoms with Crippen LogP contribution in [0, 0.1) is 11.6 Å². The van der Waals surface area contributed by atoms with Crippen LogP contribution in [-0.4, -0.2) is 48.7 Å². The van der Waals surface area contributed by atoms with Gasteiger partial charge in [0.05, 0.1) is 28.8 Å². The second-order valence-corrected chi connectivity index (χ2v) is 11.1. The van der Waals surface area contributed by atoms with Crippen molar-refractivity contribution >= 4 is 32.7 Å². The van der Waals surface area contributed by atoms with Crippen molar-refractivity contribution in [1.29, 1.82) is 0 Å². The third-order valence-corrected chi connectivity index (χ3v) is 7.69. The van der Waals surface area contributed by atoms with Gasteiger partial charge in [-0.2, -0.15) is 0 Å². The quantitative estimate of drug-likeness (QED) is 0.291. The van der Waals surface area contributed by atoms with E-state index >= 15 is 0 Å². The fourth-order valence-electron chi connectivity index (χ4n) is 4.54. The van der Waals surface area contributed by atoms with E-state index < -0.39 is 33.6 Å². The van der Waals surface area contributed by atoms with Crippen LogP contribution in [0.2, 0.25) is 0 Å². The molecule has 1 aliphatic rings. The van der Waals surface area contributed by atoms with Gasteiger partial charge in [0.15, 0.2) is 0 Å². The first-order valence-electron chi connectivity index (χ1n) is 12.5. The predicted octanol–water partition coefficient (Wildman–Crippen LogP) is 4.59. The van der Waals surface area contributed by atoms with Crippen LogP contribution < -0.4 is 15.4 Å². The first-order chi connectivity index (χ1) is 18.7. The number of piperidine rings is 1. The predicted molar refractivity (Wildman–Crippen MR) is 145 cm³/mol. The van der Waals surface area contributed by atoms with Crippen molar-refractivity contribution in [2.75, 3.05) is 23.1 Å². The molecule has 0 saturated carbocycles. The molecule has 0 radical (unpaired) electrons. The van der Waals surface area contributed by atoms with E-state index in [1.54, 1.807) is 18.3 Å². The molecule has 1 aliphatic heterocycles. The molecule has 3 N–H and O–H groups in total. The molecular formula is C27H27F3N6O2S. The van der Waals surface area contributed by atoms with E-state index in [4.69, 9.17) is 0 Å². The highest BCUT2D eigenvalue weighted by Gasteiger charge is 2.22. The Balaban J connectivity index is 1.37. The molecular weight excluding hydrogens is 529 g/mol. The minimum Gasteiger partial charge on any atom is -0.350 e. The number of pyridine rings is 1. The third kappa shape index (κ3) is 6.28. The lowest BCUT2D eigenvalue weighted by molar-refractivity contribution is 0.254. The van der Waals surface area contributed by atoms with Crippen molar-refractivity contribution in [1.82, 2.24) is 20.3 Å². The molecule has 204 valence electrons. The molecule has 5 rings (SSSR count). The average molecular weight is 557 g/mol. The molecule has 0 bridgehead atoms. The second-order valence-electron chi connectivity index (χ2n) is 9.43. The van der Waals surface area contributed by atoms with Crippen molar-refractivity contribution in [3.63, 3.8) is 0 Å². The number of aromatic nitrogens is 3. The number of rotatable bonds is 8. The Labute approximate surface area is 224 Å². The van der Waals surface area contributed by atoms with Crippen LogP contribution in [0.25, 0.3) is 22.3 Å². The van der Waals surface area contributed by atoms with E-state index in [-0.39, 0.29) is 17.3 Å². The molecule has 1 fully saturated rings. The second kappa shape index (κ2) is 11.1. The number of aryl methyl sites for hydroxylation is 1. The van der Waals surface area contributed by atoms with Gasteiger partial charge in [-0.1, -0.05) is 31.2 Å². The van der Waals surface area contributed by atoms with E-state index in [0.717, 1.165) is 5.56 Å². The number of alkyl halides is 1. The van der Waals surface area contributed by atoms with Gasteiger partial charge in [0.25, 0.3) is 0 Å². The zero-order chi connectivity index (χ0) is 27.6. The van der Waals surface area contributed by atoms with Crippen molar-refractivity contribution in [3.8, 4) is 11.3 Å². The molecule has 8 nitrogen and oxygen atoms in total. The standard InChI is InChI=1S/C27H27F3N6O2S/c1-2-16-10-24(34-25-14-32-27(35-26(16)25)33-20-11-19(28)12-31-13-20)17-7-8-23(22(30)9-17)36-39(37,38)15-18-5-3-4-6-21(18)29/h3-10,14,19-20,31,36H,2,11-13,15H2,1H3,(H,32,33,35)/t19-,20-/m0/s1. The number of sulfonamides is 1. The minimum atomic E-state index is -4.06. The van der Waals surface area contributed by atoms with Crippen LogP contribution in [0.3, 0.4) is 0 Å². The Morgan fingerprint density at radius 1 is 1.03 bits per heavy atom. The van der Waals surface area contributed by atoms with Gasteiger partial charge >= 0.3 is 0 Å². The van der Waals surface area contributed by atoms with Gasteiger partial charge < -0.3 is 10.6 Å². The summed E-state index contributed by atoms with van der Waals surface area (Å²) in [5.74, 6) is -1.70. The summed E-state index contributed by atoms with van der Waals surface area (Å²) in [6.07, 6.45) is 1.63. The Morgan fingerprint density at radius 2 is 1.85 bits per heavy atom. The Morgan fingerprint density at radius 3 is 2.59 bits per heavy atom. The third-order valence-electron chi connectivity index (χ3n) is 6.47. The molecule has 4 aromatic rings. The van der Waals surface area contributed by atoms with Gasteiger partial charge in [-0.3, -0.25) is 4.72 Å². The number of nitrogens with zero attached hydrogens (tertiary/aromatic N) is 3. The number of halogens is 3. The number of hydrogen-bond donors (Lipinski definition) is 3. The molecule has 0 aliphatic carbocycles. The molecule has 0 amide bonds. The number of benzene rings is 2. The van der Waals surface area contributed by atoms with Crippen LogP contribution in [-0.2, 0) is 22.2 Å². The zero-order valence-corrected chi connectivity index (χ0v) is 21.9. The van der Waals surface area contributed by atoms with Crippen molar-refractivity contribution in [2.24, 2.45) is 0 Å². The number of fused-ring (bicyclic) bond motifs is 1. The highest BCUT2D eigenvalue weighted by molar-refractivity contribution is 7.91. The summed E-state index contributed by atoms with van der Waals surface area (Å²) < 4.78 is 69.9. The Bertz CT molecular complexity index is 1620. The van der Waals surface area contributed by atoms with Crippen molar-refractivity contribution in [3.05, 3.63) is 77.5 Å². The van der Waals surface area contributed by atoms with Crippen LogP contribution in [0.15, 0.2) is 54.7 Å². The smallest absolute Gasteiger partial charge is 0.237 e. The van der Waals surface area contributed by atoms with Gasteiger partial charge in [-0.25, -0.2) is 36.5 Å². The summed E-state index contributed by atoms with van der Waals surface area (Å²) >= 11 is 0. The lowest BCUT2D eigenvalue weighted by Gasteiger charge is -2.26. The van der Waals surface area contributed by atoms with Gasteiger partial charge in [0.1, 0.15) is 23.3 Å². The molecule has 2 atom stereocenters. The fraction of sp³-hybridized carbons (Fsp3) is 0.296. The van der Waals surface area contributed by atoms with Crippen molar-refractivity contribution in [2.45, 2.75) is 37.7 Å². The van der Waals surface area contributed by atoms with Gasteiger partial charge in [0, 0.05) is 36.7 Å². The van der Waals surface area contributed by atoms with E-state index in [1.807, 2.05) is 6.92 Å². The topological polar surface area (TPSA) is 109 Å². The first-order valence-corrected chi connectivity index (χ1v) is 14.2. The fourth-order valence-corrected chi connectivity index (χ4v) is 5.76. The molecule has 12 heteroatoms. The monoisotopic (exact) mass is 556 g/mol. The van der Waals surface area contributed by atoms with E-state index in [9.17, 15) is 21.6 Å². The Kier molecular flexibility index (Phi) is 7.67. The van der Waals surface area contributed by atoms with Gasteiger partial charge in [-0.15, -0.1) is 0 Å². The summed E-state index contributed by atoms with van der Waals surface area (Å²) in [7, 11) is -4.06. The summed E-state index contributed by atoms with van der Waals surface area (Å²) in [6, 6.07) is 11.2. The molecule has 0 unspecified atom stereocenters. The normalized spacial score (nSPS) is 17.7. The van der Waals surface area contributed by atoms with Gasteiger partial charge in [0.2, 0.25) is 16.0 Å². The van der Waals surface area contributed by atoms with E-state index in [2.05, 4.69) is 30.3 Å². The van der Waals surface area contributed by atoms with Crippen LogP contribution >= 0.6 is 0 Å². The summed E-state index contributed by atoms with van der Waals surface area (Å²) in [5.41, 5.74) is 2.65. The minimum absolute atomic E-state index is 0.0166. The maximum absolute atomic E-state index is 15.0. The maximum Gasteiger partial charge on any atom is 0.237 e. The number of nitrogens with one attached hydrogen (secondary N) is 3. The molecule has 39 heavy (non-hydrogen) atoms. The zero-order valence-electron chi connectivity index (χ0n) is 21.1. The number of hydrogen-bond acceptors (Lipinski definition) is 7. The molecule has 2 aromatic heterocycles. The largest absolute Gasteiger partial charge is 0.350 e. The lowest BCUT2D eigenvalue weighted by atomic mass is 10.1. The highest BCUT2D eigenvalue weighted by Crippen LogP contribution is 2.28. The van der Waals surface area contributed by atoms with Crippen molar-refractivity contribution < 1.29 is 21.6 Å². The summed E-state index contributed by atoms with van der Waals surface area (Å²) in [5, 5.41) is 6.21. The molecule has 0 spiro atoms. The lowest BCUT2D eigenvalue weighted by Crippen LogP contribution is -2.44. The molecule has 3 heterocycles. The van der Waals surface area contributed by atoms with Crippen LogP contribution in [0.5, 0.6) is 0 Å². The summed E-state index contributed by atoms with van der Waals surface area (Å²) in [6.45, 7) is 2.91. The first kappa shape index (κ1) is 26.8. The Hall–Kier alpha value is -3.77. The van der Waals surface area contributed by atoms with Crippen LogP contribution in [0.4, 0.5) is 24.8 Å². The highest BCUT2D eigenvalue weighted by atomic mass is 32.2. The summed E-state index contributed by atoms with van der Waals surface area (Å²) in [4.78, 5) is 13.5. The van der Waals surface area contributed by atoms with E-state index in [0.29, 0.717) is 54.2 Å². The molecule has 2 aromatic carbocycles. The number of anilines is 2. The van der Waals surface area contributed by atoms with E-state index in [1.165, 1.54) is 36.4 Å². The SMILES string of the molecule is CCc1cc(-c2ccc(NS(=O)(=O)Cc3ccccc3F)c(F)c2)nc2cnc(N[C@@H]3CNC[C@@H](F)C3)nc12. The van der Waals surface area contributed by atoms with Crippen LogP contribution in [0.1, 0.15) is 24.5 Å². The molecule has 1 saturated heterocycles. The maximum atomic E-state index is 15.0. The average Bonchev–Trinajstić information content (AvgIpc) is 2.90.